The predicted molar refractivity (Wildman–Crippen MR) is 156 cm³/mol. The number of nitrogens with zero attached hydrogens (tertiary/aromatic N) is 3. The molecule has 0 spiro atoms. The molecule has 0 saturated carbocycles. The highest BCUT2D eigenvalue weighted by atomic mass is 79.9. The summed E-state index contributed by atoms with van der Waals surface area (Å²) in [5.41, 5.74) is 3.69. The van der Waals surface area contributed by atoms with Crippen molar-refractivity contribution in [3.63, 3.8) is 0 Å². The highest BCUT2D eigenvalue weighted by Crippen LogP contribution is 2.35. The van der Waals surface area contributed by atoms with Crippen molar-refractivity contribution in [2.75, 3.05) is 5.32 Å². The third-order valence-electron chi connectivity index (χ3n) is 5.29. The largest absolute Gasteiger partial charge is 0.487 e. The van der Waals surface area contributed by atoms with Crippen LogP contribution in [0.5, 0.6) is 5.75 Å². The van der Waals surface area contributed by atoms with Crippen LogP contribution < -0.4 is 15.5 Å². The quantitative estimate of drug-likeness (QED) is 0.0993. The first kappa shape index (κ1) is 30.1. The maximum absolute atomic E-state index is 12.9. The zero-order valence-corrected chi connectivity index (χ0v) is 24.6. The second kappa shape index (κ2) is 13.2. The van der Waals surface area contributed by atoms with E-state index in [2.05, 4.69) is 52.7 Å². The number of rotatable bonds is 10. The predicted octanol–water partition coefficient (Wildman–Crippen LogP) is 7.61. The van der Waals surface area contributed by atoms with E-state index in [-0.39, 0.29) is 24.4 Å². The van der Waals surface area contributed by atoms with Gasteiger partial charge < -0.3 is 10.1 Å². The van der Waals surface area contributed by atoms with E-state index in [9.17, 15) is 28.1 Å². The van der Waals surface area contributed by atoms with Gasteiger partial charge in [-0.15, -0.1) is 11.3 Å². The van der Waals surface area contributed by atoms with Crippen LogP contribution in [0.2, 0.25) is 0 Å². The lowest BCUT2D eigenvalue weighted by molar-refractivity contribution is -0.384. The number of nitrogens with one attached hydrogen (secondary N) is 2. The second-order valence-electron chi connectivity index (χ2n) is 8.34. The summed E-state index contributed by atoms with van der Waals surface area (Å²) in [6.45, 7) is 0.187. The summed E-state index contributed by atoms with van der Waals surface area (Å²) >= 11 is 8.05. The Hall–Kier alpha value is -3.82. The van der Waals surface area contributed by atoms with Gasteiger partial charge in [0.1, 0.15) is 12.4 Å². The molecule has 3 aromatic carbocycles. The normalized spacial score (nSPS) is 11.4. The van der Waals surface area contributed by atoms with E-state index in [0.29, 0.717) is 31.1 Å². The van der Waals surface area contributed by atoms with Crippen LogP contribution in [-0.4, -0.2) is 22.0 Å². The molecule has 0 aliphatic rings. The maximum Gasteiger partial charge on any atom is 0.416 e. The molecular weight excluding hydrogens is 695 g/mol. The zero-order valence-electron chi connectivity index (χ0n) is 20.6. The SMILES string of the molecule is O=C(Cc1csc(Nc2cccc(C(F)(F)F)c2)n1)N/N=C\c1cc(Br)c(OCc2ccc([N+](=O)[O-])cc2)c(Br)c1. The smallest absolute Gasteiger partial charge is 0.416 e. The fourth-order valence-corrected chi connectivity index (χ4v) is 5.57. The van der Waals surface area contributed by atoms with E-state index < -0.39 is 22.6 Å². The zero-order chi connectivity index (χ0) is 29.6. The van der Waals surface area contributed by atoms with Gasteiger partial charge in [0.15, 0.2) is 5.13 Å². The fourth-order valence-electron chi connectivity index (χ4n) is 3.39. The molecule has 1 heterocycles. The molecule has 0 unspecified atom stereocenters. The number of hydrazone groups is 1. The molecule has 0 saturated heterocycles. The van der Waals surface area contributed by atoms with Crippen molar-refractivity contribution in [2.45, 2.75) is 19.2 Å². The summed E-state index contributed by atoms with van der Waals surface area (Å²) in [4.78, 5) is 26.9. The second-order valence-corrected chi connectivity index (χ2v) is 10.9. The van der Waals surface area contributed by atoms with Gasteiger partial charge in [-0.05, 0) is 85.5 Å². The molecular formula is C26H18Br2F3N5O4S. The van der Waals surface area contributed by atoms with Crippen molar-refractivity contribution < 1.29 is 27.6 Å². The van der Waals surface area contributed by atoms with Crippen molar-refractivity contribution in [1.29, 1.82) is 0 Å². The Balaban J connectivity index is 1.29. The number of halogens is 5. The number of thiazole rings is 1. The van der Waals surface area contributed by atoms with Gasteiger partial charge >= 0.3 is 6.18 Å². The Morgan fingerprint density at radius 3 is 2.49 bits per heavy atom. The topological polar surface area (TPSA) is 119 Å². The Morgan fingerprint density at radius 1 is 1.12 bits per heavy atom. The molecule has 4 rings (SSSR count). The molecule has 4 aromatic rings. The average molecular weight is 713 g/mol. The Labute approximate surface area is 251 Å². The maximum atomic E-state index is 12.9. The molecule has 15 heteroatoms. The molecule has 0 fully saturated rings. The van der Waals surface area contributed by atoms with Gasteiger partial charge in [-0.25, -0.2) is 10.4 Å². The van der Waals surface area contributed by atoms with Crippen LogP contribution in [0.1, 0.15) is 22.4 Å². The van der Waals surface area contributed by atoms with Crippen LogP contribution in [0.3, 0.4) is 0 Å². The number of amides is 1. The summed E-state index contributed by atoms with van der Waals surface area (Å²) < 4.78 is 45.8. The molecule has 1 aromatic heterocycles. The van der Waals surface area contributed by atoms with E-state index in [0.717, 1.165) is 29.0 Å². The van der Waals surface area contributed by atoms with Gasteiger partial charge in [0.25, 0.3) is 5.69 Å². The highest BCUT2D eigenvalue weighted by Gasteiger charge is 2.30. The van der Waals surface area contributed by atoms with Crippen LogP contribution in [0.4, 0.5) is 29.7 Å². The summed E-state index contributed by atoms with van der Waals surface area (Å²) in [7, 11) is 0. The molecule has 0 radical (unpaired) electrons. The minimum Gasteiger partial charge on any atom is -0.487 e. The van der Waals surface area contributed by atoms with Gasteiger partial charge in [0.2, 0.25) is 5.91 Å². The number of nitro benzene ring substituents is 1. The summed E-state index contributed by atoms with van der Waals surface area (Å²) in [5.74, 6) is 0.0842. The van der Waals surface area contributed by atoms with Crippen LogP contribution >= 0.6 is 43.2 Å². The van der Waals surface area contributed by atoms with Gasteiger partial charge in [-0.3, -0.25) is 14.9 Å². The Kier molecular flexibility index (Phi) is 9.73. The van der Waals surface area contributed by atoms with E-state index >= 15 is 0 Å². The number of aromatic nitrogens is 1. The molecule has 0 aliphatic carbocycles. The summed E-state index contributed by atoms with van der Waals surface area (Å²) in [5, 5.41) is 19.6. The van der Waals surface area contributed by atoms with Crippen molar-refractivity contribution in [3.8, 4) is 5.75 Å². The number of non-ortho nitro benzene ring substituents is 1. The molecule has 0 aliphatic heterocycles. The molecule has 1 amide bonds. The molecule has 0 atom stereocenters. The van der Waals surface area contributed by atoms with Crippen LogP contribution in [-0.2, 0) is 24.0 Å². The van der Waals surface area contributed by atoms with Gasteiger partial charge in [0, 0.05) is 23.2 Å². The minimum absolute atomic E-state index is 0.00536. The van der Waals surface area contributed by atoms with E-state index in [1.54, 1.807) is 29.6 Å². The first-order chi connectivity index (χ1) is 19.5. The van der Waals surface area contributed by atoms with Gasteiger partial charge in [0.05, 0.1) is 37.8 Å². The number of carbonyl (C=O) groups is 1. The average Bonchev–Trinajstić information content (AvgIpc) is 3.34. The lowest BCUT2D eigenvalue weighted by Crippen LogP contribution is -2.19. The van der Waals surface area contributed by atoms with Crippen LogP contribution in [0.25, 0.3) is 0 Å². The van der Waals surface area contributed by atoms with Crippen molar-refractivity contribution in [3.05, 3.63) is 107 Å². The Bertz CT molecular complexity index is 1570. The van der Waals surface area contributed by atoms with Gasteiger partial charge in [-0.1, -0.05) is 6.07 Å². The lowest BCUT2D eigenvalue weighted by atomic mass is 10.2. The molecule has 2 N–H and O–H groups in total. The number of carbonyl (C=O) groups excluding carboxylic acids is 1. The van der Waals surface area contributed by atoms with Crippen LogP contribution in [0, 0.1) is 10.1 Å². The molecule has 41 heavy (non-hydrogen) atoms. The first-order valence-corrected chi connectivity index (χ1v) is 14.0. The molecule has 212 valence electrons. The van der Waals surface area contributed by atoms with Gasteiger partial charge in [-0.2, -0.15) is 18.3 Å². The monoisotopic (exact) mass is 711 g/mol. The number of ether oxygens (including phenoxy) is 1. The standard InChI is InChI=1S/C26H18Br2F3N5O4S/c27-21-8-16(9-22(28)24(21)40-13-15-4-6-20(7-5-15)36(38)39)12-32-35-23(37)11-19-14-41-25(34-19)33-18-3-1-2-17(10-18)26(29,30)31/h1-10,12,14H,11,13H2,(H,33,34)(H,35,37)/b32-12-. The van der Waals surface area contributed by atoms with Crippen LogP contribution in [0.15, 0.2) is 80.1 Å². The number of hydrogen-bond acceptors (Lipinski definition) is 8. The number of benzene rings is 3. The number of anilines is 2. The van der Waals surface area contributed by atoms with Crippen molar-refractivity contribution in [2.24, 2.45) is 5.10 Å². The van der Waals surface area contributed by atoms with E-state index in [1.165, 1.54) is 30.5 Å². The van der Waals surface area contributed by atoms with Crippen molar-refractivity contribution >= 4 is 71.8 Å². The molecule has 9 nitrogen and oxygen atoms in total. The third kappa shape index (κ3) is 8.58. The number of alkyl halides is 3. The first-order valence-electron chi connectivity index (χ1n) is 11.5. The summed E-state index contributed by atoms with van der Waals surface area (Å²) in [6.07, 6.45) is -3.10. The number of hydrogen-bond donors (Lipinski definition) is 2. The highest BCUT2D eigenvalue weighted by molar-refractivity contribution is 9.11. The third-order valence-corrected chi connectivity index (χ3v) is 7.27. The van der Waals surface area contributed by atoms with E-state index in [1.807, 2.05) is 0 Å². The van der Waals surface area contributed by atoms with Crippen molar-refractivity contribution in [1.82, 2.24) is 10.4 Å². The summed E-state index contributed by atoms with van der Waals surface area (Å²) in [6, 6.07) is 14.3. The fraction of sp³-hybridized carbons (Fsp3) is 0.115. The Morgan fingerprint density at radius 2 is 1.83 bits per heavy atom. The lowest BCUT2D eigenvalue weighted by Gasteiger charge is -2.11. The minimum atomic E-state index is -4.45. The molecule has 0 bridgehead atoms. The number of nitro groups is 1. The van der Waals surface area contributed by atoms with E-state index in [4.69, 9.17) is 4.74 Å².